The van der Waals surface area contributed by atoms with Crippen molar-refractivity contribution in [3.05, 3.63) is 97.1 Å². The fourth-order valence-corrected chi connectivity index (χ4v) is 1.94. The summed E-state index contributed by atoms with van der Waals surface area (Å²) in [6, 6.07) is 12.9. The number of rotatable bonds is 8. The Kier molecular flexibility index (Phi) is 13.9. The summed E-state index contributed by atoms with van der Waals surface area (Å²) in [6.45, 7) is 6.54. The summed E-state index contributed by atoms with van der Waals surface area (Å²) in [5, 5.41) is 16.8. The predicted octanol–water partition coefficient (Wildman–Crippen LogP) is 3.75. The van der Waals surface area contributed by atoms with Gasteiger partial charge in [0.25, 0.3) is 0 Å². The number of ether oxygens (including phenoxy) is 2. The Morgan fingerprint density at radius 1 is 0.636 bits per heavy atom. The molecule has 0 spiro atoms. The van der Waals surface area contributed by atoms with Crippen LogP contribution in [0.4, 0.5) is 0 Å². The summed E-state index contributed by atoms with van der Waals surface area (Å²) < 4.78 is 9.66. The van der Waals surface area contributed by atoms with Crippen molar-refractivity contribution in [2.24, 2.45) is 0 Å². The summed E-state index contributed by atoms with van der Waals surface area (Å²) in [4.78, 5) is 42.2. The molecule has 0 bridgehead atoms. The maximum Gasteiger partial charge on any atom is 0.335 e. The van der Waals surface area contributed by atoms with Crippen LogP contribution >= 0.6 is 0 Å². The molecule has 175 valence electrons. The van der Waals surface area contributed by atoms with Gasteiger partial charge >= 0.3 is 23.9 Å². The fourth-order valence-electron chi connectivity index (χ4n) is 1.94. The van der Waals surface area contributed by atoms with E-state index in [9.17, 15) is 19.2 Å². The van der Waals surface area contributed by atoms with Gasteiger partial charge in [-0.15, -0.1) is 0 Å². The molecule has 1 radical (unpaired) electrons. The van der Waals surface area contributed by atoms with Gasteiger partial charge in [-0.25, -0.2) is 19.2 Å². The molecule has 2 aromatic carbocycles. The van der Waals surface area contributed by atoms with Crippen LogP contribution in [0.3, 0.4) is 0 Å². The van der Waals surface area contributed by atoms with Crippen molar-refractivity contribution in [3.8, 4) is 11.5 Å². The molecular formula is C24H20AgO8. The maximum absolute atomic E-state index is 10.9. The van der Waals surface area contributed by atoms with E-state index in [2.05, 4.69) is 13.2 Å². The van der Waals surface area contributed by atoms with Gasteiger partial charge < -0.3 is 19.7 Å². The molecule has 2 N–H and O–H groups in total. The summed E-state index contributed by atoms with van der Waals surface area (Å²) in [7, 11) is 0. The van der Waals surface area contributed by atoms with Crippen LogP contribution in [0.25, 0.3) is 12.2 Å². The second kappa shape index (κ2) is 15.8. The van der Waals surface area contributed by atoms with E-state index < -0.39 is 23.9 Å². The second-order valence-corrected chi connectivity index (χ2v) is 5.73. The van der Waals surface area contributed by atoms with Gasteiger partial charge in [-0.05, 0) is 47.5 Å². The van der Waals surface area contributed by atoms with Gasteiger partial charge in [-0.3, -0.25) is 0 Å². The van der Waals surface area contributed by atoms with Crippen LogP contribution in [-0.2, 0) is 41.6 Å². The zero-order valence-corrected chi connectivity index (χ0v) is 18.6. The molecule has 33 heavy (non-hydrogen) atoms. The van der Waals surface area contributed by atoms with E-state index in [0.29, 0.717) is 11.5 Å². The van der Waals surface area contributed by atoms with Crippen molar-refractivity contribution in [1.82, 2.24) is 0 Å². The van der Waals surface area contributed by atoms with E-state index in [0.717, 1.165) is 35.4 Å². The SMILES string of the molecule is C=CC(=O)Oc1ccc(OC(=O)C=C)cc1.O=C(O)C=Cc1ccc(C=CC(=O)O)cc1.[Ag]. The first-order valence-corrected chi connectivity index (χ1v) is 8.94. The fraction of sp³-hybridized carbons (Fsp3) is 0. The Bertz CT molecular complexity index is 951. The molecule has 0 saturated carbocycles. The zero-order valence-electron chi connectivity index (χ0n) is 17.1. The van der Waals surface area contributed by atoms with Crippen LogP contribution in [0.1, 0.15) is 11.1 Å². The topological polar surface area (TPSA) is 127 Å². The molecule has 8 nitrogen and oxygen atoms in total. The van der Waals surface area contributed by atoms with Crippen molar-refractivity contribution in [2.45, 2.75) is 0 Å². The summed E-state index contributed by atoms with van der Waals surface area (Å²) in [6.07, 6.45) is 7.14. The number of benzene rings is 2. The van der Waals surface area contributed by atoms with Crippen molar-refractivity contribution in [2.75, 3.05) is 0 Å². The Morgan fingerprint density at radius 2 is 0.939 bits per heavy atom. The van der Waals surface area contributed by atoms with E-state index in [1.807, 2.05) is 0 Å². The van der Waals surface area contributed by atoms with Crippen LogP contribution in [0, 0.1) is 0 Å². The summed E-state index contributed by atoms with van der Waals surface area (Å²) >= 11 is 0. The van der Waals surface area contributed by atoms with Gasteiger partial charge in [0.1, 0.15) is 11.5 Å². The van der Waals surface area contributed by atoms with Crippen LogP contribution < -0.4 is 9.47 Å². The molecule has 0 unspecified atom stereocenters. The number of carboxylic acid groups (broad SMARTS) is 2. The minimum absolute atomic E-state index is 0. The molecule has 0 aromatic heterocycles. The number of esters is 2. The zero-order chi connectivity index (χ0) is 23.9. The van der Waals surface area contributed by atoms with E-state index in [1.165, 1.54) is 36.4 Å². The smallest absolute Gasteiger partial charge is 0.335 e. The van der Waals surface area contributed by atoms with Crippen molar-refractivity contribution >= 4 is 36.0 Å². The van der Waals surface area contributed by atoms with Crippen LogP contribution in [0.5, 0.6) is 11.5 Å². The number of aliphatic carboxylic acids is 2. The molecule has 0 amide bonds. The van der Waals surface area contributed by atoms with Gasteiger partial charge in [0.15, 0.2) is 0 Å². The van der Waals surface area contributed by atoms with E-state index in [-0.39, 0.29) is 22.4 Å². The normalized spacial score (nSPS) is 9.70. The Labute approximate surface area is 205 Å². The number of hydrogen-bond donors (Lipinski definition) is 2. The molecule has 0 aliphatic heterocycles. The standard InChI is InChI=1S/2C12H10O4.Ag/c1-3-11(13)15-9-5-7-10(8-6-9)16-12(14)4-2;13-11(14)7-5-9-1-2-10(4-3-9)6-8-12(15)16;/h3-8H,1-2H2;1-8H,(H,13,14)(H,15,16);. The van der Waals surface area contributed by atoms with E-state index in [1.54, 1.807) is 24.3 Å². The van der Waals surface area contributed by atoms with Gasteiger partial charge in [0, 0.05) is 46.7 Å². The third-order valence-electron chi connectivity index (χ3n) is 3.37. The molecule has 0 aliphatic rings. The maximum atomic E-state index is 10.9. The molecule has 0 atom stereocenters. The summed E-state index contributed by atoms with van der Waals surface area (Å²) in [5.41, 5.74) is 1.49. The minimum atomic E-state index is -1.00. The third kappa shape index (κ3) is 13.1. The van der Waals surface area contributed by atoms with E-state index >= 15 is 0 Å². The Balaban J connectivity index is 0.000000602. The quantitative estimate of drug-likeness (QED) is 0.223. The molecule has 0 aliphatic carbocycles. The third-order valence-corrected chi connectivity index (χ3v) is 3.37. The van der Waals surface area contributed by atoms with Crippen LogP contribution in [0.2, 0.25) is 0 Å². The first-order valence-electron chi connectivity index (χ1n) is 8.94. The first kappa shape index (κ1) is 29.0. The minimum Gasteiger partial charge on any atom is -0.478 e. The molecular weight excluding hydrogens is 524 g/mol. The number of carboxylic acids is 2. The summed E-state index contributed by atoms with van der Waals surface area (Å²) in [5.74, 6) is -2.40. The predicted molar refractivity (Wildman–Crippen MR) is 118 cm³/mol. The average molecular weight is 544 g/mol. The van der Waals surface area contributed by atoms with E-state index in [4.69, 9.17) is 19.7 Å². The van der Waals surface area contributed by atoms with Crippen molar-refractivity contribution in [3.63, 3.8) is 0 Å². The van der Waals surface area contributed by atoms with Crippen LogP contribution in [-0.4, -0.2) is 34.1 Å². The Morgan fingerprint density at radius 3 is 1.18 bits per heavy atom. The van der Waals surface area contributed by atoms with Crippen molar-refractivity contribution < 1.29 is 61.2 Å². The van der Waals surface area contributed by atoms with Gasteiger partial charge in [0.2, 0.25) is 0 Å². The van der Waals surface area contributed by atoms with Crippen LogP contribution in [0.15, 0.2) is 86.0 Å². The number of carbonyl (C=O) groups is 4. The average Bonchev–Trinajstić information content (AvgIpc) is 2.78. The van der Waals surface area contributed by atoms with Gasteiger partial charge in [0.05, 0.1) is 0 Å². The second-order valence-electron chi connectivity index (χ2n) is 5.73. The first-order chi connectivity index (χ1) is 15.2. The number of carbonyl (C=O) groups excluding carboxylic acids is 2. The molecule has 2 aromatic rings. The monoisotopic (exact) mass is 543 g/mol. The van der Waals surface area contributed by atoms with Crippen molar-refractivity contribution in [1.29, 1.82) is 0 Å². The number of hydrogen-bond acceptors (Lipinski definition) is 6. The molecule has 0 heterocycles. The largest absolute Gasteiger partial charge is 0.478 e. The molecule has 9 heteroatoms. The van der Waals surface area contributed by atoms with Gasteiger partial charge in [-0.2, -0.15) is 0 Å². The molecule has 0 saturated heterocycles. The van der Waals surface area contributed by atoms with Gasteiger partial charge in [-0.1, -0.05) is 37.4 Å². The molecule has 0 fully saturated rings. The Hall–Kier alpha value is -3.98. The molecule has 2 rings (SSSR count).